The third-order valence-corrected chi connectivity index (χ3v) is 4.60. The number of carbonyl (C=O) groups excluding carboxylic acids is 2. The highest BCUT2D eigenvalue weighted by atomic mass is 16.2. The molecule has 1 heterocycles. The largest absolute Gasteiger partial charge is 0.353 e. The number of piperazine rings is 1. The third-order valence-electron chi connectivity index (χ3n) is 4.60. The molecule has 2 rings (SSSR count). The molecule has 0 aliphatic carbocycles. The number of likely N-dealkylation sites (N-methyl/N-ethyl adjacent to an activating group) is 1. The summed E-state index contributed by atoms with van der Waals surface area (Å²) in [4.78, 5) is 30.6. The van der Waals surface area contributed by atoms with Gasteiger partial charge in [0.05, 0.1) is 12.6 Å². The molecule has 2 amide bonds. The van der Waals surface area contributed by atoms with Crippen LogP contribution in [0.3, 0.4) is 0 Å². The Bertz CT molecular complexity index is 568. The summed E-state index contributed by atoms with van der Waals surface area (Å²) >= 11 is 0. The molecular formula is C19H30N4O2. The maximum atomic E-state index is 12.7. The summed E-state index contributed by atoms with van der Waals surface area (Å²) in [6.07, 6.45) is 0. The molecule has 6 heteroatoms. The summed E-state index contributed by atoms with van der Waals surface area (Å²) < 4.78 is 0. The van der Waals surface area contributed by atoms with Gasteiger partial charge in [-0.3, -0.25) is 19.4 Å². The van der Waals surface area contributed by atoms with Crippen molar-refractivity contribution in [1.82, 2.24) is 15.1 Å². The number of hydrogen-bond acceptors (Lipinski definition) is 4. The molecule has 0 saturated carbocycles. The molecular weight excluding hydrogens is 316 g/mol. The number of rotatable bonds is 6. The number of anilines is 1. The molecule has 1 aromatic rings. The van der Waals surface area contributed by atoms with Crippen molar-refractivity contribution in [3.05, 3.63) is 30.3 Å². The van der Waals surface area contributed by atoms with Crippen LogP contribution in [0.15, 0.2) is 30.3 Å². The highest BCUT2D eigenvalue weighted by molar-refractivity contribution is 5.96. The third kappa shape index (κ3) is 5.54. The van der Waals surface area contributed by atoms with Gasteiger partial charge in [-0.1, -0.05) is 18.2 Å². The van der Waals surface area contributed by atoms with Crippen LogP contribution >= 0.6 is 0 Å². The Morgan fingerprint density at radius 1 is 1.08 bits per heavy atom. The minimum Gasteiger partial charge on any atom is -0.353 e. The van der Waals surface area contributed by atoms with E-state index in [4.69, 9.17) is 0 Å². The molecule has 25 heavy (non-hydrogen) atoms. The van der Waals surface area contributed by atoms with Gasteiger partial charge in [-0.2, -0.15) is 0 Å². The summed E-state index contributed by atoms with van der Waals surface area (Å²) in [5.41, 5.74) is 0.906. The number of benzene rings is 1. The number of hydrogen-bond donors (Lipinski definition) is 1. The van der Waals surface area contributed by atoms with Crippen molar-refractivity contribution < 1.29 is 9.59 Å². The molecule has 1 aliphatic heterocycles. The average Bonchev–Trinajstić information content (AvgIpc) is 2.60. The fraction of sp³-hybridized carbons (Fsp3) is 0.579. The fourth-order valence-electron chi connectivity index (χ4n) is 3.09. The quantitative estimate of drug-likeness (QED) is 0.840. The van der Waals surface area contributed by atoms with E-state index in [2.05, 4.69) is 15.1 Å². The number of nitrogens with zero attached hydrogens (tertiary/aromatic N) is 3. The lowest BCUT2D eigenvalue weighted by atomic mass is 10.2. The zero-order valence-corrected chi connectivity index (χ0v) is 15.7. The lowest BCUT2D eigenvalue weighted by Crippen LogP contribution is -2.55. The Balaban J connectivity index is 1.83. The fourth-order valence-corrected chi connectivity index (χ4v) is 3.09. The van der Waals surface area contributed by atoms with Crippen LogP contribution in [0, 0.1) is 0 Å². The molecule has 1 atom stereocenters. The van der Waals surface area contributed by atoms with Crippen LogP contribution < -0.4 is 10.2 Å². The normalized spacial score (nSPS) is 17.3. The van der Waals surface area contributed by atoms with Gasteiger partial charge >= 0.3 is 0 Å². The van der Waals surface area contributed by atoms with E-state index in [1.165, 1.54) is 0 Å². The van der Waals surface area contributed by atoms with Crippen molar-refractivity contribution >= 4 is 17.5 Å². The van der Waals surface area contributed by atoms with Crippen LogP contribution in [0.25, 0.3) is 0 Å². The lowest BCUT2D eigenvalue weighted by molar-refractivity contribution is -0.126. The van der Waals surface area contributed by atoms with Crippen LogP contribution in [0.1, 0.15) is 20.8 Å². The van der Waals surface area contributed by atoms with Gasteiger partial charge in [-0.05, 0) is 32.9 Å². The van der Waals surface area contributed by atoms with Crippen molar-refractivity contribution in [2.24, 2.45) is 0 Å². The van der Waals surface area contributed by atoms with Gasteiger partial charge in [0.1, 0.15) is 0 Å². The molecule has 0 spiro atoms. The molecule has 1 aliphatic rings. The molecule has 0 radical (unpaired) electrons. The van der Waals surface area contributed by atoms with Gasteiger partial charge < -0.3 is 10.2 Å². The maximum Gasteiger partial charge on any atom is 0.243 e. The highest BCUT2D eigenvalue weighted by Crippen LogP contribution is 2.15. The number of carbonyl (C=O) groups is 2. The Morgan fingerprint density at radius 3 is 2.24 bits per heavy atom. The van der Waals surface area contributed by atoms with Crippen LogP contribution in [-0.2, 0) is 9.59 Å². The Morgan fingerprint density at radius 2 is 1.68 bits per heavy atom. The minimum atomic E-state index is -0.170. The second-order valence-corrected chi connectivity index (χ2v) is 6.94. The van der Waals surface area contributed by atoms with E-state index in [0.29, 0.717) is 6.54 Å². The van der Waals surface area contributed by atoms with Gasteiger partial charge in [-0.15, -0.1) is 0 Å². The average molecular weight is 346 g/mol. The SMILES string of the molecule is CC(C)NC(=O)CN1CCN([C@H](C)C(=O)N(C)c2ccccc2)CC1. The lowest BCUT2D eigenvalue weighted by Gasteiger charge is -2.38. The van der Waals surface area contributed by atoms with E-state index in [0.717, 1.165) is 31.9 Å². The van der Waals surface area contributed by atoms with E-state index >= 15 is 0 Å². The van der Waals surface area contributed by atoms with Crippen LogP contribution in [0.2, 0.25) is 0 Å². The van der Waals surface area contributed by atoms with Crippen LogP contribution in [-0.4, -0.2) is 73.5 Å². The summed E-state index contributed by atoms with van der Waals surface area (Å²) in [5.74, 6) is 0.161. The van der Waals surface area contributed by atoms with Crippen molar-refractivity contribution in [2.75, 3.05) is 44.7 Å². The Kier molecular flexibility index (Phi) is 6.96. The Labute approximate surface area is 150 Å². The van der Waals surface area contributed by atoms with E-state index in [9.17, 15) is 9.59 Å². The zero-order valence-electron chi connectivity index (χ0n) is 15.7. The van der Waals surface area contributed by atoms with Gasteiger partial charge in [0.25, 0.3) is 0 Å². The molecule has 0 bridgehead atoms. The topological polar surface area (TPSA) is 55.9 Å². The number of amides is 2. The predicted octanol–water partition coefficient (Wildman–Crippen LogP) is 1.18. The first-order valence-corrected chi connectivity index (χ1v) is 8.97. The second kappa shape index (κ2) is 8.97. The molecule has 1 saturated heterocycles. The molecule has 1 fully saturated rings. The minimum absolute atomic E-state index is 0.0661. The molecule has 1 N–H and O–H groups in total. The van der Waals surface area contributed by atoms with Gasteiger partial charge in [0, 0.05) is 45.0 Å². The summed E-state index contributed by atoms with van der Waals surface area (Å²) in [6, 6.07) is 9.69. The standard InChI is InChI=1S/C19H30N4O2/c1-15(2)20-18(24)14-22-10-12-23(13-11-22)16(3)19(25)21(4)17-8-6-5-7-9-17/h5-9,15-16H,10-14H2,1-4H3,(H,20,24)/t16-/m1/s1. The van der Waals surface area contributed by atoms with Crippen LogP contribution in [0.4, 0.5) is 5.69 Å². The van der Waals surface area contributed by atoms with Crippen molar-refractivity contribution in [2.45, 2.75) is 32.9 Å². The van der Waals surface area contributed by atoms with Crippen molar-refractivity contribution in [3.63, 3.8) is 0 Å². The highest BCUT2D eigenvalue weighted by Gasteiger charge is 2.28. The number of para-hydroxylation sites is 1. The van der Waals surface area contributed by atoms with E-state index in [-0.39, 0.29) is 23.9 Å². The van der Waals surface area contributed by atoms with E-state index in [1.54, 1.807) is 4.90 Å². The summed E-state index contributed by atoms with van der Waals surface area (Å²) in [6.45, 7) is 9.52. The number of nitrogens with one attached hydrogen (secondary N) is 1. The molecule has 0 aromatic heterocycles. The molecule has 1 aromatic carbocycles. The smallest absolute Gasteiger partial charge is 0.243 e. The van der Waals surface area contributed by atoms with Gasteiger partial charge in [0.2, 0.25) is 11.8 Å². The second-order valence-electron chi connectivity index (χ2n) is 6.94. The predicted molar refractivity (Wildman–Crippen MR) is 101 cm³/mol. The molecule has 0 unspecified atom stereocenters. The summed E-state index contributed by atoms with van der Waals surface area (Å²) in [7, 11) is 1.82. The Hall–Kier alpha value is -1.92. The molecule has 138 valence electrons. The van der Waals surface area contributed by atoms with Crippen molar-refractivity contribution in [3.8, 4) is 0 Å². The van der Waals surface area contributed by atoms with Crippen molar-refractivity contribution in [1.29, 1.82) is 0 Å². The van der Waals surface area contributed by atoms with Crippen LogP contribution in [0.5, 0.6) is 0 Å². The monoisotopic (exact) mass is 346 g/mol. The summed E-state index contributed by atoms with van der Waals surface area (Å²) in [5, 5.41) is 2.92. The first-order chi connectivity index (χ1) is 11.9. The first-order valence-electron chi connectivity index (χ1n) is 8.97. The van der Waals surface area contributed by atoms with E-state index in [1.807, 2.05) is 58.2 Å². The first kappa shape index (κ1) is 19.4. The zero-order chi connectivity index (χ0) is 18.4. The maximum absolute atomic E-state index is 12.7. The van der Waals surface area contributed by atoms with E-state index < -0.39 is 0 Å². The van der Waals surface area contributed by atoms with Gasteiger partial charge in [-0.25, -0.2) is 0 Å². The van der Waals surface area contributed by atoms with Gasteiger partial charge in [0.15, 0.2) is 0 Å². The molecule has 6 nitrogen and oxygen atoms in total.